The van der Waals surface area contributed by atoms with Crippen LogP contribution in [-0.4, -0.2) is 43.3 Å². The van der Waals surface area contributed by atoms with Gasteiger partial charge in [-0.1, -0.05) is 6.07 Å². The monoisotopic (exact) mass is 385 g/mol. The molecule has 0 spiro atoms. The molecule has 1 amide bonds. The van der Waals surface area contributed by atoms with Crippen molar-refractivity contribution in [1.82, 2.24) is 24.9 Å². The number of nitrogens with one attached hydrogen (secondary N) is 2. The molecule has 0 aromatic carbocycles. The molecule has 0 aliphatic rings. The van der Waals surface area contributed by atoms with E-state index in [-0.39, 0.29) is 17.7 Å². The maximum absolute atomic E-state index is 12.9. The summed E-state index contributed by atoms with van der Waals surface area (Å²) in [5, 5.41) is 11.5. The Morgan fingerprint density at radius 2 is 2.07 bits per heavy atom. The normalized spacial score (nSPS) is 12.3. The maximum atomic E-state index is 12.9. The van der Waals surface area contributed by atoms with E-state index in [9.17, 15) is 9.59 Å². The second kappa shape index (κ2) is 7.96. The van der Waals surface area contributed by atoms with E-state index in [0.29, 0.717) is 28.3 Å². The van der Waals surface area contributed by atoms with Crippen LogP contribution in [0.15, 0.2) is 24.4 Å². The van der Waals surface area contributed by atoms with E-state index in [1.54, 1.807) is 25.6 Å². The van der Waals surface area contributed by atoms with E-state index in [4.69, 9.17) is 0 Å². The molecule has 0 fully saturated rings. The molecular formula is C19H23N5O2S. The molecule has 8 heteroatoms. The summed E-state index contributed by atoms with van der Waals surface area (Å²) in [4.78, 5) is 27.8. The van der Waals surface area contributed by atoms with E-state index < -0.39 is 0 Å². The fourth-order valence-electron chi connectivity index (χ4n) is 3.33. The minimum Gasteiger partial charge on any atom is -0.354 e. The predicted octanol–water partition coefficient (Wildman–Crippen LogP) is 3.10. The third-order valence-electron chi connectivity index (χ3n) is 4.58. The lowest BCUT2D eigenvalue weighted by Crippen LogP contribution is -2.31. The summed E-state index contributed by atoms with van der Waals surface area (Å²) < 4.78 is 1.89. The van der Waals surface area contributed by atoms with Gasteiger partial charge in [0.15, 0.2) is 17.3 Å². The standard InChI is InChI=1S/C19H23N5O2S/c1-11-16(13(3)25)12(2)20-17(11)19(26)21-14(8-10-27-4)18-23-22-15-7-5-6-9-24(15)18/h5-7,9,14,20H,8,10H2,1-4H3,(H,21,26). The smallest absolute Gasteiger partial charge is 0.268 e. The van der Waals surface area contributed by atoms with E-state index in [0.717, 1.165) is 17.8 Å². The van der Waals surface area contributed by atoms with Crippen LogP contribution in [-0.2, 0) is 0 Å². The van der Waals surface area contributed by atoms with Gasteiger partial charge < -0.3 is 10.3 Å². The number of carbonyl (C=O) groups excluding carboxylic acids is 2. The Hall–Kier alpha value is -2.61. The maximum Gasteiger partial charge on any atom is 0.268 e. The summed E-state index contributed by atoms with van der Waals surface area (Å²) in [7, 11) is 0. The van der Waals surface area contributed by atoms with Crippen molar-refractivity contribution in [2.75, 3.05) is 12.0 Å². The summed E-state index contributed by atoms with van der Waals surface area (Å²) in [6.45, 7) is 5.10. The van der Waals surface area contributed by atoms with Gasteiger partial charge in [-0.3, -0.25) is 14.0 Å². The highest BCUT2D eigenvalue weighted by Crippen LogP contribution is 2.22. The minimum atomic E-state index is -0.286. The molecular weight excluding hydrogens is 362 g/mol. The first-order valence-electron chi connectivity index (χ1n) is 8.73. The number of nitrogens with zero attached hydrogens (tertiary/aromatic N) is 3. The van der Waals surface area contributed by atoms with Crippen molar-refractivity contribution in [1.29, 1.82) is 0 Å². The number of ketones is 1. The van der Waals surface area contributed by atoms with Gasteiger partial charge in [-0.25, -0.2) is 0 Å². The van der Waals surface area contributed by atoms with Crippen molar-refractivity contribution in [2.45, 2.75) is 33.2 Å². The molecule has 0 saturated carbocycles. The molecule has 0 bridgehead atoms. The molecule has 1 atom stereocenters. The lowest BCUT2D eigenvalue weighted by Gasteiger charge is -2.17. The first-order valence-corrected chi connectivity index (χ1v) is 10.1. The number of aromatic amines is 1. The van der Waals surface area contributed by atoms with Gasteiger partial charge in [0.25, 0.3) is 5.91 Å². The van der Waals surface area contributed by atoms with Gasteiger partial charge in [-0.2, -0.15) is 11.8 Å². The van der Waals surface area contributed by atoms with E-state index in [1.807, 2.05) is 35.1 Å². The Morgan fingerprint density at radius 1 is 1.30 bits per heavy atom. The number of carbonyl (C=O) groups is 2. The SMILES string of the molecule is CSCCC(NC(=O)c1[nH]c(C)c(C(C)=O)c1C)c1nnc2ccccn12. The Labute approximate surface area is 162 Å². The van der Waals surface area contributed by atoms with Gasteiger partial charge in [0.05, 0.1) is 6.04 Å². The summed E-state index contributed by atoms with van der Waals surface area (Å²) in [5.41, 5.74) is 3.11. The molecule has 7 nitrogen and oxygen atoms in total. The highest BCUT2D eigenvalue weighted by Gasteiger charge is 2.24. The number of hydrogen-bond acceptors (Lipinski definition) is 5. The first kappa shape index (κ1) is 19.2. The number of Topliss-reactive ketones (excluding diaryl/α,β-unsaturated/α-hetero) is 1. The van der Waals surface area contributed by atoms with E-state index in [1.165, 1.54) is 6.92 Å². The van der Waals surface area contributed by atoms with Gasteiger partial charge in [-0.05, 0) is 56.9 Å². The van der Waals surface area contributed by atoms with Crippen LogP contribution >= 0.6 is 11.8 Å². The number of aromatic nitrogens is 4. The number of aryl methyl sites for hydroxylation is 1. The summed E-state index contributed by atoms with van der Waals surface area (Å²) >= 11 is 1.71. The van der Waals surface area contributed by atoms with Crippen LogP contribution in [0.3, 0.4) is 0 Å². The number of thioether (sulfide) groups is 1. The van der Waals surface area contributed by atoms with Crippen LogP contribution in [0.4, 0.5) is 0 Å². The van der Waals surface area contributed by atoms with E-state index >= 15 is 0 Å². The molecule has 3 rings (SSSR count). The van der Waals surface area contributed by atoms with Crippen LogP contribution in [0, 0.1) is 13.8 Å². The zero-order valence-corrected chi connectivity index (χ0v) is 16.7. The van der Waals surface area contributed by atoms with Crippen molar-refractivity contribution in [2.24, 2.45) is 0 Å². The average molecular weight is 385 g/mol. The van der Waals surface area contributed by atoms with Crippen molar-refractivity contribution in [3.63, 3.8) is 0 Å². The van der Waals surface area contributed by atoms with Crippen LogP contribution in [0.1, 0.15) is 57.3 Å². The Morgan fingerprint density at radius 3 is 2.74 bits per heavy atom. The van der Waals surface area contributed by atoms with Gasteiger partial charge in [-0.15, -0.1) is 10.2 Å². The number of fused-ring (bicyclic) bond motifs is 1. The zero-order chi connectivity index (χ0) is 19.6. The van der Waals surface area contributed by atoms with Gasteiger partial charge in [0.2, 0.25) is 0 Å². The van der Waals surface area contributed by atoms with Crippen LogP contribution < -0.4 is 5.32 Å². The van der Waals surface area contributed by atoms with Gasteiger partial charge in [0, 0.05) is 17.5 Å². The van der Waals surface area contributed by atoms with Crippen molar-refractivity contribution in [3.8, 4) is 0 Å². The number of rotatable bonds is 7. The summed E-state index contributed by atoms with van der Waals surface area (Å²) in [5.74, 6) is 1.26. The molecule has 3 heterocycles. The third-order valence-corrected chi connectivity index (χ3v) is 5.23. The minimum absolute atomic E-state index is 0.0531. The van der Waals surface area contributed by atoms with Crippen LogP contribution in [0.25, 0.3) is 5.65 Å². The Kier molecular flexibility index (Phi) is 5.65. The van der Waals surface area contributed by atoms with Gasteiger partial charge >= 0.3 is 0 Å². The number of amides is 1. The molecule has 3 aromatic rings. The van der Waals surface area contributed by atoms with Crippen LogP contribution in [0.5, 0.6) is 0 Å². The molecule has 0 aliphatic heterocycles. The molecule has 0 aliphatic carbocycles. The largest absolute Gasteiger partial charge is 0.354 e. The molecule has 3 aromatic heterocycles. The van der Waals surface area contributed by atoms with Crippen LogP contribution in [0.2, 0.25) is 0 Å². The zero-order valence-electron chi connectivity index (χ0n) is 15.9. The molecule has 0 radical (unpaired) electrons. The quantitative estimate of drug-likeness (QED) is 0.610. The Balaban J connectivity index is 1.92. The van der Waals surface area contributed by atoms with Crippen molar-refractivity contribution in [3.05, 3.63) is 52.7 Å². The average Bonchev–Trinajstić information content (AvgIpc) is 3.19. The number of hydrogen-bond donors (Lipinski definition) is 2. The molecule has 0 saturated heterocycles. The Bertz CT molecular complexity index is 991. The fraction of sp³-hybridized carbons (Fsp3) is 0.368. The first-order chi connectivity index (χ1) is 12.9. The number of H-pyrrole nitrogens is 1. The second-order valence-electron chi connectivity index (χ2n) is 6.48. The lowest BCUT2D eigenvalue weighted by molar-refractivity contribution is 0.0928. The molecule has 1 unspecified atom stereocenters. The van der Waals surface area contributed by atoms with Gasteiger partial charge in [0.1, 0.15) is 5.69 Å². The summed E-state index contributed by atoms with van der Waals surface area (Å²) in [6, 6.07) is 5.40. The number of pyridine rings is 1. The molecule has 142 valence electrons. The topological polar surface area (TPSA) is 92.1 Å². The van der Waals surface area contributed by atoms with Crippen molar-refractivity contribution >= 4 is 29.1 Å². The summed E-state index contributed by atoms with van der Waals surface area (Å²) in [6.07, 6.45) is 4.64. The molecule has 2 N–H and O–H groups in total. The van der Waals surface area contributed by atoms with Crippen molar-refractivity contribution < 1.29 is 9.59 Å². The lowest BCUT2D eigenvalue weighted by atomic mass is 10.1. The highest BCUT2D eigenvalue weighted by molar-refractivity contribution is 7.98. The second-order valence-corrected chi connectivity index (χ2v) is 7.46. The fourth-order valence-corrected chi connectivity index (χ4v) is 3.81. The predicted molar refractivity (Wildman–Crippen MR) is 106 cm³/mol. The highest BCUT2D eigenvalue weighted by atomic mass is 32.2. The van der Waals surface area contributed by atoms with E-state index in [2.05, 4.69) is 20.5 Å². The molecule has 27 heavy (non-hydrogen) atoms. The third kappa shape index (κ3) is 3.75.